The van der Waals surface area contributed by atoms with E-state index >= 15 is 0 Å². The second-order valence-corrected chi connectivity index (χ2v) is 6.95. The monoisotopic (exact) mass is 363 g/mol. The predicted octanol–water partition coefficient (Wildman–Crippen LogP) is 4.81. The van der Waals surface area contributed by atoms with Crippen LogP contribution in [-0.2, 0) is 11.4 Å². The highest BCUT2D eigenvalue weighted by atomic mass is 16.5. The molecule has 5 heteroatoms. The van der Waals surface area contributed by atoms with E-state index in [1.165, 1.54) is 5.56 Å². The lowest BCUT2D eigenvalue weighted by molar-refractivity contribution is -0.145. The summed E-state index contributed by atoms with van der Waals surface area (Å²) in [6.45, 7) is 2.22. The molecule has 0 aliphatic heterocycles. The standard InChI is InChI=1S/C22H21NO4/c1-14-20(23-21(27-14)16-5-3-2-4-6-16)13-26-19-9-7-15(8-10-19)17-11-18(12-17)22(24)25/h2-10,17-18H,11-13H2,1H3,(H,24,25). The van der Waals surface area contributed by atoms with E-state index in [9.17, 15) is 4.79 Å². The fourth-order valence-electron chi connectivity index (χ4n) is 3.35. The number of carboxylic acids is 1. The van der Waals surface area contributed by atoms with Crippen molar-refractivity contribution >= 4 is 5.97 Å². The Morgan fingerprint density at radius 2 is 1.85 bits per heavy atom. The first-order chi connectivity index (χ1) is 13.1. The summed E-state index contributed by atoms with van der Waals surface area (Å²) in [5.41, 5.74) is 2.89. The van der Waals surface area contributed by atoms with Crippen molar-refractivity contribution < 1.29 is 19.1 Å². The molecule has 0 radical (unpaired) electrons. The summed E-state index contributed by atoms with van der Waals surface area (Å²) in [7, 11) is 0. The van der Waals surface area contributed by atoms with Gasteiger partial charge in [-0.3, -0.25) is 4.79 Å². The number of nitrogens with zero attached hydrogens (tertiary/aromatic N) is 1. The van der Waals surface area contributed by atoms with E-state index < -0.39 is 5.97 Å². The minimum atomic E-state index is -0.691. The molecule has 1 N–H and O–H groups in total. The van der Waals surface area contributed by atoms with Gasteiger partial charge in [-0.15, -0.1) is 0 Å². The van der Waals surface area contributed by atoms with Gasteiger partial charge in [0.2, 0.25) is 5.89 Å². The number of hydrogen-bond acceptors (Lipinski definition) is 4. The Labute approximate surface area is 157 Å². The highest BCUT2D eigenvalue weighted by Gasteiger charge is 2.35. The molecule has 0 amide bonds. The fraction of sp³-hybridized carbons (Fsp3) is 0.273. The molecule has 4 rings (SSSR count). The zero-order valence-corrected chi connectivity index (χ0v) is 15.1. The molecule has 0 atom stereocenters. The van der Waals surface area contributed by atoms with Gasteiger partial charge in [0.1, 0.15) is 23.8 Å². The van der Waals surface area contributed by atoms with Gasteiger partial charge in [-0.25, -0.2) is 4.98 Å². The van der Waals surface area contributed by atoms with E-state index in [1.54, 1.807) is 0 Å². The van der Waals surface area contributed by atoms with Gasteiger partial charge in [-0.2, -0.15) is 0 Å². The smallest absolute Gasteiger partial charge is 0.306 e. The highest BCUT2D eigenvalue weighted by molar-refractivity contribution is 5.71. The number of hydrogen-bond donors (Lipinski definition) is 1. The van der Waals surface area contributed by atoms with Crippen molar-refractivity contribution in [2.45, 2.75) is 32.3 Å². The normalized spacial score (nSPS) is 18.7. The average molecular weight is 363 g/mol. The minimum Gasteiger partial charge on any atom is -0.487 e. The molecule has 0 spiro atoms. The van der Waals surface area contributed by atoms with Gasteiger partial charge in [0.05, 0.1) is 5.92 Å². The van der Waals surface area contributed by atoms with Crippen molar-refractivity contribution in [1.29, 1.82) is 0 Å². The Hall–Kier alpha value is -3.08. The summed E-state index contributed by atoms with van der Waals surface area (Å²) in [4.78, 5) is 15.5. The van der Waals surface area contributed by atoms with Crippen molar-refractivity contribution in [2.75, 3.05) is 0 Å². The third-order valence-electron chi connectivity index (χ3n) is 5.13. The van der Waals surface area contributed by atoms with E-state index in [1.807, 2.05) is 61.5 Å². The van der Waals surface area contributed by atoms with Crippen LogP contribution in [0.15, 0.2) is 59.0 Å². The molecule has 1 fully saturated rings. The lowest BCUT2D eigenvalue weighted by Crippen LogP contribution is -2.28. The van der Waals surface area contributed by atoms with Gasteiger partial charge in [0.25, 0.3) is 0 Å². The maximum absolute atomic E-state index is 10.9. The van der Waals surface area contributed by atoms with Crippen molar-refractivity contribution in [3.63, 3.8) is 0 Å². The van der Waals surface area contributed by atoms with Crippen molar-refractivity contribution in [2.24, 2.45) is 5.92 Å². The second-order valence-electron chi connectivity index (χ2n) is 6.95. The summed E-state index contributed by atoms with van der Waals surface area (Å²) < 4.78 is 11.6. The number of carboxylic acid groups (broad SMARTS) is 1. The third kappa shape index (κ3) is 3.72. The first kappa shape index (κ1) is 17.3. The summed E-state index contributed by atoms with van der Waals surface area (Å²) in [5, 5.41) is 8.98. The maximum atomic E-state index is 10.9. The molecule has 1 saturated carbocycles. The highest BCUT2D eigenvalue weighted by Crippen LogP contribution is 2.42. The number of carbonyl (C=O) groups is 1. The number of aliphatic carboxylic acids is 1. The summed E-state index contributed by atoms with van der Waals surface area (Å²) in [6, 6.07) is 17.7. The van der Waals surface area contributed by atoms with Gasteiger partial charge < -0.3 is 14.3 Å². The van der Waals surface area contributed by atoms with Crippen molar-refractivity contribution in [1.82, 2.24) is 4.98 Å². The second kappa shape index (κ2) is 7.27. The summed E-state index contributed by atoms with van der Waals surface area (Å²) >= 11 is 0. The van der Waals surface area contributed by atoms with Crippen LogP contribution in [0.2, 0.25) is 0 Å². The Balaban J connectivity index is 1.37. The molecular weight excluding hydrogens is 342 g/mol. The molecule has 1 aliphatic rings. The van der Waals surface area contributed by atoms with Gasteiger partial charge in [0.15, 0.2) is 0 Å². The lowest BCUT2D eigenvalue weighted by Gasteiger charge is -2.32. The molecule has 1 aliphatic carbocycles. The van der Waals surface area contributed by atoms with Crippen LogP contribution in [0.25, 0.3) is 11.5 Å². The molecule has 2 aromatic carbocycles. The largest absolute Gasteiger partial charge is 0.487 e. The van der Waals surface area contributed by atoms with Crippen LogP contribution in [0.5, 0.6) is 5.75 Å². The van der Waals surface area contributed by atoms with Crippen LogP contribution in [0.3, 0.4) is 0 Å². The summed E-state index contributed by atoms with van der Waals surface area (Å²) in [6.07, 6.45) is 1.44. The Kier molecular flexibility index (Phi) is 4.67. The Morgan fingerprint density at radius 3 is 2.52 bits per heavy atom. The van der Waals surface area contributed by atoms with Crippen LogP contribution in [-0.4, -0.2) is 16.1 Å². The van der Waals surface area contributed by atoms with E-state index in [-0.39, 0.29) is 5.92 Å². The maximum Gasteiger partial charge on any atom is 0.306 e. The van der Waals surface area contributed by atoms with E-state index in [4.69, 9.17) is 14.3 Å². The first-order valence-corrected chi connectivity index (χ1v) is 9.07. The first-order valence-electron chi connectivity index (χ1n) is 9.07. The fourth-order valence-corrected chi connectivity index (χ4v) is 3.35. The molecule has 27 heavy (non-hydrogen) atoms. The number of aryl methyl sites for hydroxylation is 1. The molecule has 138 valence electrons. The Morgan fingerprint density at radius 1 is 1.15 bits per heavy atom. The van der Waals surface area contributed by atoms with Crippen LogP contribution in [0.4, 0.5) is 0 Å². The number of benzene rings is 2. The number of rotatable bonds is 6. The van der Waals surface area contributed by atoms with Gasteiger partial charge >= 0.3 is 5.97 Å². The number of aromatic nitrogens is 1. The quantitative estimate of drug-likeness (QED) is 0.680. The third-order valence-corrected chi connectivity index (χ3v) is 5.13. The van der Waals surface area contributed by atoms with Crippen LogP contribution in [0.1, 0.15) is 35.8 Å². The minimum absolute atomic E-state index is 0.195. The van der Waals surface area contributed by atoms with Crippen LogP contribution < -0.4 is 4.74 Å². The van der Waals surface area contributed by atoms with Crippen LogP contribution >= 0.6 is 0 Å². The molecular formula is C22H21NO4. The van der Waals surface area contributed by atoms with Gasteiger partial charge in [0, 0.05) is 5.56 Å². The van der Waals surface area contributed by atoms with Crippen molar-refractivity contribution in [3.05, 3.63) is 71.6 Å². The average Bonchev–Trinajstić information content (AvgIpc) is 3.01. The zero-order valence-electron chi connectivity index (χ0n) is 15.1. The van der Waals surface area contributed by atoms with Gasteiger partial charge in [-0.05, 0) is 55.5 Å². The molecule has 5 nitrogen and oxygen atoms in total. The van der Waals surface area contributed by atoms with E-state index in [0.717, 1.165) is 35.6 Å². The topological polar surface area (TPSA) is 72.6 Å². The number of ether oxygens (including phenoxy) is 1. The predicted molar refractivity (Wildman–Crippen MR) is 101 cm³/mol. The molecule has 0 unspecified atom stereocenters. The molecule has 0 saturated heterocycles. The molecule has 3 aromatic rings. The number of oxazole rings is 1. The van der Waals surface area contributed by atoms with Crippen molar-refractivity contribution in [3.8, 4) is 17.2 Å². The van der Waals surface area contributed by atoms with E-state index in [0.29, 0.717) is 18.4 Å². The van der Waals surface area contributed by atoms with Crippen LogP contribution in [0, 0.1) is 12.8 Å². The molecule has 1 aromatic heterocycles. The lowest BCUT2D eigenvalue weighted by atomic mass is 9.71. The zero-order chi connectivity index (χ0) is 18.8. The SMILES string of the molecule is Cc1oc(-c2ccccc2)nc1COc1ccc(C2CC(C(=O)O)C2)cc1. The van der Waals surface area contributed by atoms with Gasteiger partial charge in [-0.1, -0.05) is 30.3 Å². The Bertz CT molecular complexity index is 925. The molecule has 0 bridgehead atoms. The molecule has 1 heterocycles. The summed E-state index contributed by atoms with van der Waals surface area (Å²) in [5.74, 6) is 1.56. The van der Waals surface area contributed by atoms with E-state index in [2.05, 4.69) is 4.98 Å².